The van der Waals surface area contributed by atoms with Gasteiger partial charge < -0.3 is 15.4 Å². The van der Waals surface area contributed by atoms with Crippen molar-refractivity contribution >= 4 is 28.7 Å². The van der Waals surface area contributed by atoms with Crippen molar-refractivity contribution in [1.29, 1.82) is 0 Å². The average Bonchev–Trinajstić information content (AvgIpc) is 2.41. The van der Waals surface area contributed by atoms with Gasteiger partial charge in [-0.3, -0.25) is 0 Å². The SMILES string of the molecule is FC(F)Oc1ccccc1NC(=S)Nc1ccccc1. The summed E-state index contributed by atoms with van der Waals surface area (Å²) in [7, 11) is 0. The molecule has 0 saturated heterocycles. The molecule has 104 valence electrons. The molecule has 2 aromatic rings. The fourth-order valence-corrected chi connectivity index (χ4v) is 1.80. The van der Waals surface area contributed by atoms with Crippen LogP contribution in [0.25, 0.3) is 0 Å². The maximum Gasteiger partial charge on any atom is 0.387 e. The lowest BCUT2D eigenvalue weighted by atomic mass is 10.3. The number of halogens is 2. The molecule has 0 spiro atoms. The molecule has 6 heteroatoms. The van der Waals surface area contributed by atoms with Gasteiger partial charge in [-0.1, -0.05) is 30.3 Å². The van der Waals surface area contributed by atoms with E-state index >= 15 is 0 Å². The van der Waals surface area contributed by atoms with Crippen LogP contribution < -0.4 is 15.4 Å². The highest BCUT2D eigenvalue weighted by Gasteiger charge is 2.09. The molecule has 0 aliphatic heterocycles. The summed E-state index contributed by atoms with van der Waals surface area (Å²) in [5.74, 6) is 0.0414. The van der Waals surface area contributed by atoms with Gasteiger partial charge in [-0.15, -0.1) is 0 Å². The van der Waals surface area contributed by atoms with Crippen molar-refractivity contribution in [3.05, 3.63) is 54.6 Å². The molecule has 0 atom stereocenters. The summed E-state index contributed by atoms with van der Waals surface area (Å²) in [5.41, 5.74) is 1.18. The Morgan fingerprint density at radius 2 is 1.60 bits per heavy atom. The molecule has 2 aromatic carbocycles. The zero-order chi connectivity index (χ0) is 14.4. The fourth-order valence-electron chi connectivity index (χ4n) is 1.57. The van der Waals surface area contributed by atoms with Crippen LogP contribution in [-0.4, -0.2) is 11.7 Å². The molecule has 0 saturated carbocycles. The van der Waals surface area contributed by atoms with E-state index in [4.69, 9.17) is 12.2 Å². The third kappa shape index (κ3) is 4.17. The van der Waals surface area contributed by atoms with E-state index in [0.29, 0.717) is 10.8 Å². The summed E-state index contributed by atoms with van der Waals surface area (Å²) in [6, 6.07) is 15.6. The Kier molecular flexibility index (Phi) is 4.84. The molecule has 0 radical (unpaired) electrons. The third-order valence-electron chi connectivity index (χ3n) is 2.38. The topological polar surface area (TPSA) is 33.3 Å². The number of benzene rings is 2. The van der Waals surface area contributed by atoms with E-state index in [0.717, 1.165) is 5.69 Å². The maximum atomic E-state index is 12.3. The normalized spacial score (nSPS) is 10.2. The minimum atomic E-state index is -2.88. The van der Waals surface area contributed by atoms with Crippen molar-refractivity contribution in [2.45, 2.75) is 6.61 Å². The second kappa shape index (κ2) is 6.81. The van der Waals surface area contributed by atoms with Gasteiger partial charge in [0.1, 0.15) is 5.75 Å². The highest BCUT2D eigenvalue weighted by molar-refractivity contribution is 7.80. The highest BCUT2D eigenvalue weighted by atomic mass is 32.1. The van der Waals surface area contributed by atoms with E-state index in [9.17, 15) is 8.78 Å². The van der Waals surface area contributed by atoms with Crippen molar-refractivity contribution in [3.8, 4) is 5.75 Å². The molecular formula is C14H12F2N2OS. The van der Waals surface area contributed by atoms with Gasteiger partial charge in [0, 0.05) is 5.69 Å². The first-order valence-corrected chi connectivity index (χ1v) is 6.23. The lowest BCUT2D eigenvalue weighted by molar-refractivity contribution is -0.0493. The van der Waals surface area contributed by atoms with E-state index in [1.807, 2.05) is 30.3 Å². The van der Waals surface area contributed by atoms with Crippen molar-refractivity contribution in [3.63, 3.8) is 0 Å². The Bertz CT molecular complexity index is 578. The van der Waals surface area contributed by atoms with Crippen LogP contribution in [0.3, 0.4) is 0 Å². The van der Waals surface area contributed by atoms with Crippen molar-refractivity contribution in [2.75, 3.05) is 10.6 Å². The number of rotatable bonds is 4. The first-order chi connectivity index (χ1) is 9.65. The Morgan fingerprint density at radius 3 is 2.30 bits per heavy atom. The van der Waals surface area contributed by atoms with Gasteiger partial charge >= 0.3 is 6.61 Å². The molecule has 2 N–H and O–H groups in total. The van der Waals surface area contributed by atoms with Gasteiger partial charge in [0.05, 0.1) is 5.69 Å². The number of nitrogens with one attached hydrogen (secondary N) is 2. The molecule has 0 aliphatic carbocycles. The molecular weight excluding hydrogens is 282 g/mol. The minimum Gasteiger partial charge on any atom is -0.433 e. The molecule has 0 aromatic heterocycles. The van der Waals surface area contributed by atoms with E-state index in [-0.39, 0.29) is 5.75 Å². The van der Waals surface area contributed by atoms with Gasteiger partial charge in [0.15, 0.2) is 5.11 Å². The molecule has 2 rings (SSSR count). The summed E-state index contributed by atoms with van der Waals surface area (Å²) in [6.45, 7) is -2.88. The Hall–Kier alpha value is -2.21. The summed E-state index contributed by atoms with van der Waals surface area (Å²) >= 11 is 5.13. The maximum absolute atomic E-state index is 12.3. The average molecular weight is 294 g/mol. The van der Waals surface area contributed by atoms with Crippen LogP contribution in [0, 0.1) is 0 Å². The molecule has 0 heterocycles. The zero-order valence-corrected chi connectivity index (χ0v) is 11.2. The van der Waals surface area contributed by atoms with Crippen molar-refractivity contribution < 1.29 is 13.5 Å². The number of hydrogen-bond acceptors (Lipinski definition) is 2. The van der Waals surface area contributed by atoms with Gasteiger partial charge in [-0.05, 0) is 36.5 Å². The van der Waals surface area contributed by atoms with Crippen molar-refractivity contribution in [1.82, 2.24) is 0 Å². The van der Waals surface area contributed by atoms with Crippen LogP contribution in [-0.2, 0) is 0 Å². The monoisotopic (exact) mass is 294 g/mol. The van der Waals surface area contributed by atoms with Crippen LogP contribution in [0.5, 0.6) is 5.75 Å². The number of ether oxygens (including phenoxy) is 1. The Morgan fingerprint density at radius 1 is 0.950 bits per heavy atom. The number of alkyl halides is 2. The molecule has 0 amide bonds. The molecule has 0 unspecified atom stereocenters. The third-order valence-corrected chi connectivity index (χ3v) is 2.59. The minimum absolute atomic E-state index is 0.0414. The van der Waals surface area contributed by atoms with Crippen LogP contribution in [0.2, 0.25) is 0 Å². The van der Waals surface area contributed by atoms with Crippen LogP contribution in [0.1, 0.15) is 0 Å². The van der Waals surface area contributed by atoms with Crippen LogP contribution in [0.4, 0.5) is 20.2 Å². The van der Waals surface area contributed by atoms with Gasteiger partial charge in [0.2, 0.25) is 0 Å². The molecule has 0 aliphatic rings. The number of thiocarbonyl (C=S) groups is 1. The molecule has 0 bridgehead atoms. The number of para-hydroxylation sites is 3. The lowest BCUT2D eigenvalue weighted by Gasteiger charge is -2.14. The highest BCUT2D eigenvalue weighted by Crippen LogP contribution is 2.25. The van der Waals surface area contributed by atoms with Crippen LogP contribution >= 0.6 is 12.2 Å². The van der Waals surface area contributed by atoms with E-state index in [1.54, 1.807) is 18.2 Å². The zero-order valence-electron chi connectivity index (χ0n) is 10.3. The largest absolute Gasteiger partial charge is 0.433 e. The quantitative estimate of drug-likeness (QED) is 0.832. The predicted octanol–water partition coefficient (Wildman–Crippen LogP) is 4.10. The number of hydrogen-bond donors (Lipinski definition) is 2. The van der Waals surface area contributed by atoms with Crippen molar-refractivity contribution in [2.24, 2.45) is 0 Å². The van der Waals surface area contributed by atoms with Gasteiger partial charge in [0.25, 0.3) is 0 Å². The van der Waals surface area contributed by atoms with Crippen LogP contribution in [0.15, 0.2) is 54.6 Å². The van der Waals surface area contributed by atoms with E-state index < -0.39 is 6.61 Å². The molecule has 3 nitrogen and oxygen atoms in total. The summed E-state index contributed by atoms with van der Waals surface area (Å²) in [6.07, 6.45) is 0. The van der Waals surface area contributed by atoms with E-state index in [2.05, 4.69) is 15.4 Å². The summed E-state index contributed by atoms with van der Waals surface area (Å²) in [5, 5.41) is 6.07. The standard InChI is InChI=1S/C14H12F2N2OS/c15-13(16)19-12-9-5-4-8-11(12)18-14(20)17-10-6-2-1-3-7-10/h1-9,13H,(H2,17,18,20). The molecule has 0 fully saturated rings. The Balaban J connectivity index is 2.04. The molecule has 20 heavy (non-hydrogen) atoms. The second-order valence-electron chi connectivity index (χ2n) is 3.82. The predicted molar refractivity (Wildman–Crippen MR) is 79.4 cm³/mol. The first kappa shape index (κ1) is 14.2. The summed E-state index contributed by atoms with van der Waals surface area (Å²) < 4.78 is 29.0. The fraction of sp³-hybridized carbons (Fsp3) is 0.0714. The van der Waals surface area contributed by atoms with E-state index in [1.165, 1.54) is 6.07 Å². The van der Waals surface area contributed by atoms with Gasteiger partial charge in [-0.25, -0.2) is 0 Å². The number of anilines is 2. The second-order valence-corrected chi connectivity index (χ2v) is 4.23. The first-order valence-electron chi connectivity index (χ1n) is 5.82. The summed E-state index contributed by atoms with van der Waals surface area (Å²) in [4.78, 5) is 0. The Labute approximate surface area is 120 Å². The smallest absolute Gasteiger partial charge is 0.387 e. The lowest BCUT2D eigenvalue weighted by Crippen LogP contribution is -2.19. The van der Waals surface area contributed by atoms with Gasteiger partial charge in [-0.2, -0.15) is 8.78 Å².